The second-order valence-corrected chi connectivity index (χ2v) is 5.46. The van der Waals surface area contributed by atoms with Crippen LogP contribution in [-0.4, -0.2) is 30.0 Å². The molecule has 0 saturated carbocycles. The number of ether oxygens (including phenoxy) is 1. The van der Waals surface area contributed by atoms with Crippen molar-refractivity contribution in [3.8, 4) is 0 Å². The van der Waals surface area contributed by atoms with Crippen molar-refractivity contribution in [1.82, 2.24) is 5.32 Å². The van der Waals surface area contributed by atoms with Gasteiger partial charge in [-0.15, -0.1) is 0 Å². The lowest BCUT2D eigenvalue weighted by Gasteiger charge is -2.15. The Kier molecular flexibility index (Phi) is 6.61. The minimum absolute atomic E-state index is 0.0276. The molecule has 0 spiro atoms. The summed E-state index contributed by atoms with van der Waals surface area (Å²) in [6.45, 7) is 0. The van der Waals surface area contributed by atoms with Crippen molar-refractivity contribution in [3.63, 3.8) is 0 Å². The van der Waals surface area contributed by atoms with E-state index in [0.29, 0.717) is 12.0 Å². The smallest absolute Gasteiger partial charge is 0.328 e. The highest BCUT2D eigenvalue weighted by Gasteiger charge is 2.20. The van der Waals surface area contributed by atoms with Crippen molar-refractivity contribution in [2.45, 2.75) is 12.5 Å². The fourth-order valence-corrected chi connectivity index (χ4v) is 2.28. The molecule has 1 unspecified atom stereocenters. The van der Waals surface area contributed by atoms with Gasteiger partial charge in [-0.05, 0) is 29.3 Å². The fraction of sp³-hybridized carbons (Fsp3) is 0.158. The van der Waals surface area contributed by atoms with Gasteiger partial charge in [0.05, 0.1) is 12.0 Å². The zero-order valence-electron chi connectivity index (χ0n) is 14.1. The number of hydrogen-bond acceptors (Lipinski definition) is 5. The first-order valence-electron chi connectivity index (χ1n) is 7.84. The van der Waals surface area contributed by atoms with E-state index in [1.165, 1.54) is 43.5 Å². The Morgan fingerprint density at radius 2 is 1.81 bits per heavy atom. The first-order chi connectivity index (χ1) is 12.5. The maximum atomic E-state index is 12.1. The largest absolute Gasteiger partial charge is 0.467 e. The Labute approximate surface area is 150 Å². The lowest BCUT2D eigenvalue weighted by Crippen LogP contribution is -2.42. The van der Waals surface area contributed by atoms with Crippen LogP contribution in [0.25, 0.3) is 6.08 Å². The molecule has 1 amide bonds. The van der Waals surface area contributed by atoms with Crippen molar-refractivity contribution >= 4 is 23.6 Å². The second-order valence-electron chi connectivity index (χ2n) is 5.46. The third-order valence-corrected chi connectivity index (χ3v) is 3.62. The molecule has 0 radical (unpaired) electrons. The maximum absolute atomic E-state index is 12.1. The molecule has 1 atom stereocenters. The number of carbonyl (C=O) groups is 2. The molecular formula is C19H18N2O5. The summed E-state index contributed by atoms with van der Waals surface area (Å²) < 4.78 is 4.74. The highest BCUT2D eigenvalue weighted by atomic mass is 16.6. The Morgan fingerprint density at radius 3 is 2.38 bits per heavy atom. The molecule has 7 nitrogen and oxygen atoms in total. The topological polar surface area (TPSA) is 98.5 Å². The third-order valence-electron chi connectivity index (χ3n) is 3.62. The number of carbonyl (C=O) groups excluding carboxylic acids is 2. The van der Waals surface area contributed by atoms with E-state index < -0.39 is 22.8 Å². The van der Waals surface area contributed by atoms with Gasteiger partial charge in [0.2, 0.25) is 5.91 Å². The van der Waals surface area contributed by atoms with Gasteiger partial charge < -0.3 is 10.1 Å². The lowest BCUT2D eigenvalue weighted by atomic mass is 10.1. The minimum Gasteiger partial charge on any atom is -0.467 e. The summed E-state index contributed by atoms with van der Waals surface area (Å²) in [4.78, 5) is 34.1. The Morgan fingerprint density at radius 1 is 1.15 bits per heavy atom. The van der Waals surface area contributed by atoms with Crippen molar-refractivity contribution in [1.29, 1.82) is 0 Å². The van der Waals surface area contributed by atoms with Crippen LogP contribution in [0.4, 0.5) is 5.69 Å². The molecule has 134 valence electrons. The van der Waals surface area contributed by atoms with E-state index in [9.17, 15) is 19.7 Å². The fourth-order valence-electron chi connectivity index (χ4n) is 2.28. The average molecular weight is 354 g/mol. The summed E-state index contributed by atoms with van der Waals surface area (Å²) in [5, 5.41) is 13.2. The van der Waals surface area contributed by atoms with Gasteiger partial charge in [-0.25, -0.2) is 4.79 Å². The molecule has 0 aromatic heterocycles. The molecule has 2 aromatic carbocycles. The Balaban J connectivity index is 2.01. The highest BCUT2D eigenvalue weighted by molar-refractivity contribution is 5.94. The second kappa shape index (κ2) is 9.12. The van der Waals surface area contributed by atoms with E-state index in [0.717, 1.165) is 5.56 Å². The molecule has 0 fully saturated rings. The molecule has 0 heterocycles. The van der Waals surface area contributed by atoms with Gasteiger partial charge in [-0.3, -0.25) is 14.9 Å². The molecule has 26 heavy (non-hydrogen) atoms. The van der Waals surface area contributed by atoms with Crippen LogP contribution in [0.5, 0.6) is 0 Å². The summed E-state index contributed by atoms with van der Waals surface area (Å²) in [5.41, 5.74) is 1.49. The zero-order chi connectivity index (χ0) is 18.9. The van der Waals surface area contributed by atoms with Gasteiger partial charge in [0.15, 0.2) is 0 Å². The predicted molar refractivity (Wildman–Crippen MR) is 96.2 cm³/mol. The van der Waals surface area contributed by atoms with Crippen LogP contribution in [0.15, 0.2) is 60.7 Å². The quantitative estimate of drug-likeness (QED) is 0.356. The summed E-state index contributed by atoms with van der Waals surface area (Å²) in [7, 11) is 1.26. The zero-order valence-corrected chi connectivity index (χ0v) is 14.1. The Hall–Kier alpha value is -3.48. The van der Waals surface area contributed by atoms with Crippen molar-refractivity contribution in [2.24, 2.45) is 0 Å². The number of non-ortho nitro benzene ring substituents is 1. The van der Waals surface area contributed by atoms with E-state index in [-0.39, 0.29) is 5.69 Å². The molecule has 0 aliphatic carbocycles. The third kappa shape index (κ3) is 5.55. The van der Waals surface area contributed by atoms with Crippen molar-refractivity contribution < 1.29 is 19.2 Å². The molecule has 7 heteroatoms. The number of rotatable bonds is 7. The van der Waals surface area contributed by atoms with Gasteiger partial charge in [0, 0.05) is 24.6 Å². The number of nitrogens with one attached hydrogen (secondary N) is 1. The molecule has 2 rings (SSSR count). The van der Waals surface area contributed by atoms with Crippen LogP contribution >= 0.6 is 0 Å². The van der Waals surface area contributed by atoms with E-state index in [1.54, 1.807) is 0 Å². The maximum Gasteiger partial charge on any atom is 0.328 e. The van der Waals surface area contributed by atoms with Crippen LogP contribution in [-0.2, 0) is 20.7 Å². The van der Waals surface area contributed by atoms with Gasteiger partial charge >= 0.3 is 5.97 Å². The first-order valence-corrected chi connectivity index (χ1v) is 7.84. The molecule has 0 saturated heterocycles. The summed E-state index contributed by atoms with van der Waals surface area (Å²) in [6, 6.07) is 14.2. The number of methoxy groups -OCH3 is 1. The molecular weight excluding hydrogens is 336 g/mol. The standard InChI is InChI=1S/C19H18N2O5/c1-26-19(23)17(13-15-5-3-2-4-6-15)20-18(22)12-9-14-7-10-16(11-8-14)21(24)25/h2-12,17H,13H2,1H3,(H,20,22)/b12-9+. The molecule has 0 aliphatic rings. The van der Waals surface area contributed by atoms with Gasteiger partial charge in [-0.1, -0.05) is 30.3 Å². The van der Waals surface area contributed by atoms with Crippen LogP contribution in [0, 0.1) is 10.1 Å². The van der Waals surface area contributed by atoms with Gasteiger partial charge in [0.1, 0.15) is 6.04 Å². The van der Waals surface area contributed by atoms with Gasteiger partial charge in [-0.2, -0.15) is 0 Å². The summed E-state index contributed by atoms with van der Waals surface area (Å²) >= 11 is 0. The number of nitro benzene ring substituents is 1. The van der Waals surface area contributed by atoms with E-state index in [2.05, 4.69) is 5.32 Å². The van der Waals surface area contributed by atoms with Crippen LogP contribution in [0.3, 0.4) is 0 Å². The number of amides is 1. The van der Waals surface area contributed by atoms with Crippen LogP contribution in [0.1, 0.15) is 11.1 Å². The van der Waals surface area contributed by atoms with Crippen molar-refractivity contribution in [2.75, 3.05) is 7.11 Å². The predicted octanol–water partition coefficient (Wildman–Crippen LogP) is 2.51. The monoisotopic (exact) mass is 354 g/mol. The molecule has 0 bridgehead atoms. The lowest BCUT2D eigenvalue weighted by molar-refractivity contribution is -0.384. The number of esters is 1. The van der Waals surface area contributed by atoms with Crippen LogP contribution < -0.4 is 5.32 Å². The average Bonchev–Trinajstić information content (AvgIpc) is 2.66. The molecule has 1 N–H and O–H groups in total. The first kappa shape index (κ1) is 18.9. The highest BCUT2D eigenvalue weighted by Crippen LogP contribution is 2.12. The normalized spacial score (nSPS) is 11.7. The van der Waals surface area contributed by atoms with E-state index in [1.807, 2.05) is 30.3 Å². The van der Waals surface area contributed by atoms with Crippen LogP contribution in [0.2, 0.25) is 0 Å². The van der Waals surface area contributed by atoms with E-state index >= 15 is 0 Å². The molecule has 0 aliphatic heterocycles. The molecule has 2 aromatic rings. The number of nitro groups is 1. The number of benzene rings is 2. The SMILES string of the molecule is COC(=O)C(Cc1ccccc1)NC(=O)/C=C/c1ccc([N+](=O)[O-])cc1. The number of nitrogens with zero attached hydrogens (tertiary/aromatic N) is 1. The summed E-state index contributed by atoms with van der Waals surface area (Å²) in [6.07, 6.45) is 3.09. The minimum atomic E-state index is -0.809. The van der Waals surface area contributed by atoms with E-state index in [4.69, 9.17) is 4.74 Å². The number of hydrogen-bond donors (Lipinski definition) is 1. The summed E-state index contributed by atoms with van der Waals surface area (Å²) in [5.74, 6) is -0.999. The Bertz CT molecular complexity index is 800. The van der Waals surface area contributed by atoms with Gasteiger partial charge in [0.25, 0.3) is 5.69 Å². The van der Waals surface area contributed by atoms with Crippen molar-refractivity contribution in [3.05, 3.63) is 81.9 Å².